The third-order valence-electron chi connectivity index (χ3n) is 5.37. The summed E-state index contributed by atoms with van der Waals surface area (Å²) < 4.78 is 66.0. The number of nitrogens with one attached hydrogen (secondary N) is 2. The lowest BCUT2D eigenvalue weighted by molar-refractivity contribution is -0.280. The van der Waals surface area contributed by atoms with Gasteiger partial charge in [-0.25, -0.2) is 9.37 Å². The van der Waals surface area contributed by atoms with Gasteiger partial charge < -0.3 is 19.6 Å². The lowest BCUT2D eigenvalue weighted by Crippen LogP contribution is -2.59. The molecule has 1 aromatic carbocycles. The quantitative estimate of drug-likeness (QED) is 0.346. The zero-order valence-corrected chi connectivity index (χ0v) is 18.1. The van der Waals surface area contributed by atoms with Crippen molar-refractivity contribution in [2.24, 2.45) is 0 Å². The molecule has 32 heavy (non-hydrogen) atoms. The van der Waals surface area contributed by atoms with Crippen LogP contribution in [0, 0.1) is 5.82 Å². The van der Waals surface area contributed by atoms with E-state index in [4.69, 9.17) is 9.47 Å². The van der Waals surface area contributed by atoms with Crippen LogP contribution in [-0.4, -0.2) is 41.2 Å². The summed E-state index contributed by atoms with van der Waals surface area (Å²) in [5, 5.41) is 13.6. The Morgan fingerprint density at radius 3 is 2.44 bits per heavy atom. The van der Waals surface area contributed by atoms with Crippen molar-refractivity contribution in [2.75, 3.05) is 14.2 Å². The molecule has 0 aliphatic rings. The van der Waals surface area contributed by atoms with Gasteiger partial charge in [-0.2, -0.15) is 13.2 Å². The first kappa shape index (κ1) is 23.8. The van der Waals surface area contributed by atoms with Crippen LogP contribution < -0.4 is 14.8 Å². The van der Waals surface area contributed by atoms with E-state index in [1.54, 1.807) is 12.1 Å². The van der Waals surface area contributed by atoms with Gasteiger partial charge in [0.15, 0.2) is 0 Å². The molecule has 0 saturated heterocycles. The molecule has 10 heteroatoms. The number of alkyl halides is 3. The molecule has 0 radical (unpaired) electrons. The lowest BCUT2D eigenvalue weighted by Gasteiger charge is -2.38. The maximum atomic E-state index is 14.0. The smallest absolute Gasteiger partial charge is 0.431 e. The number of hydrogen-bond donors (Lipinski definition) is 3. The molecule has 0 fully saturated rings. The Morgan fingerprint density at radius 1 is 1.09 bits per heavy atom. The van der Waals surface area contributed by atoms with Gasteiger partial charge in [0.2, 0.25) is 11.6 Å². The molecule has 0 saturated carbocycles. The number of rotatable bonds is 8. The first-order valence-corrected chi connectivity index (χ1v) is 9.78. The Hall–Kier alpha value is -2.85. The summed E-state index contributed by atoms with van der Waals surface area (Å²) in [6.45, 7) is 2.68. The average Bonchev–Trinajstić information content (AvgIpc) is 3.13. The monoisotopic (exact) mass is 455 g/mol. The van der Waals surface area contributed by atoms with Gasteiger partial charge in [-0.15, -0.1) is 0 Å². The van der Waals surface area contributed by atoms with E-state index < -0.39 is 29.6 Å². The highest BCUT2D eigenvalue weighted by Crippen LogP contribution is 2.42. The van der Waals surface area contributed by atoms with Crippen molar-refractivity contribution in [3.8, 4) is 11.6 Å². The lowest BCUT2D eigenvalue weighted by atomic mass is 9.77. The topological polar surface area (TPSA) is 79.4 Å². The van der Waals surface area contributed by atoms with Gasteiger partial charge in [-0.3, -0.25) is 5.32 Å². The van der Waals surface area contributed by atoms with E-state index in [1.807, 2.05) is 0 Å². The number of pyridine rings is 1. The van der Waals surface area contributed by atoms with Crippen molar-refractivity contribution >= 4 is 10.9 Å². The second-order valence-electron chi connectivity index (χ2n) is 8.23. The fourth-order valence-electron chi connectivity index (χ4n) is 3.73. The average molecular weight is 455 g/mol. The molecule has 3 aromatic rings. The molecule has 3 rings (SSSR count). The first-order valence-electron chi connectivity index (χ1n) is 9.78. The SMILES string of the molecule is COc1cc2cc(CNC(O)(CC(C)(C)c3cc(F)ccc3OC)C(F)(F)F)[nH]c2cn1. The standard InChI is InChI=1S/C22H25F4N3O3/c1-20(2,16-9-14(23)5-6-18(16)31-3)12-21(30,22(24,25)26)28-10-15-7-13-8-19(32-4)27-11-17(13)29-15/h5-9,11,28-30H,10,12H2,1-4H3. The van der Waals surface area contributed by atoms with E-state index in [1.165, 1.54) is 40.3 Å². The number of hydrogen-bond acceptors (Lipinski definition) is 5. The molecular weight excluding hydrogens is 430 g/mol. The summed E-state index contributed by atoms with van der Waals surface area (Å²) in [6, 6.07) is 6.91. The highest BCUT2D eigenvalue weighted by Gasteiger charge is 2.56. The molecule has 6 nitrogen and oxygen atoms in total. The van der Waals surface area contributed by atoms with Gasteiger partial charge in [0.25, 0.3) is 0 Å². The Morgan fingerprint density at radius 2 is 1.81 bits per heavy atom. The minimum absolute atomic E-state index is 0.216. The van der Waals surface area contributed by atoms with Crippen molar-refractivity contribution in [2.45, 2.75) is 44.1 Å². The summed E-state index contributed by atoms with van der Waals surface area (Å²) in [6.07, 6.45) is -4.27. The predicted octanol–water partition coefficient (Wildman–Crippen LogP) is 4.43. The molecule has 1 atom stereocenters. The van der Waals surface area contributed by atoms with Crippen molar-refractivity contribution in [1.29, 1.82) is 0 Å². The van der Waals surface area contributed by atoms with E-state index in [2.05, 4.69) is 15.3 Å². The number of benzene rings is 1. The highest BCUT2D eigenvalue weighted by atomic mass is 19.4. The van der Waals surface area contributed by atoms with Crippen molar-refractivity contribution in [3.63, 3.8) is 0 Å². The number of fused-ring (bicyclic) bond motifs is 1. The van der Waals surface area contributed by atoms with E-state index in [0.29, 0.717) is 22.5 Å². The summed E-state index contributed by atoms with van der Waals surface area (Å²) >= 11 is 0. The molecule has 0 amide bonds. The van der Waals surface area contributed by atoms with Crippen LogP contribution in [0.15, 0.2) is 36.5 Å². The number of ether oxygens (including phenoxy) is 2. The largest absolute Gasteiger partial charge is 0.496 e. The van der Waals surface area contributed by atoms with Crippen molar-refractivity contribution in [3.05, 3.63) is 53.6 Å². The number of H-pyrrole nitrogens is 1. The Bertz CT molecular complexity index is 1100. The van der Waals surface area contributed by atoms with Gasteiger partial charge in [0.1, 0.15) is 11.6 Å². The highest BCUT2D eigenvalue weighted by molar-refractivity contribution is 5.80. The van der Waals surface area contributed by atoms with Crippen LogP contribution >= 0.6 is 0 Å². The van der Waals surface area contributed by atoms with Crippen LogP contribution in [0.2, 0.25) is 0 Å². The Labute approximate surface area is 182 Å². The Balaban J connectivity index is 1.87. The third kappa shape index (κ3) is 4.81. The number of aromatic nitrogens is 2. The number of halogens is 4. The molecule has 0 spiro atoms. The van der Waals surface area contributed by atoms with Crippen LogP contribution in [0.4, 0.5) is 17.6 Å². The first-order chi connectivity index (χ1) is 14.9. The number of aromatic amines is 1. The molecule has 0 aliphatic carbocycles. The van der Waals surface area contributed by atoms with E-state index >= 15 is 0 Å². The molecule has 174 valence electrons. The van der Waals surface area contributed by atoms with Gasteiger partial charge in [-0.05, 0) is 29.7 Å². The third-order valence-corrected chi connectivity index (χ3v) is 5.37. The molecule has 0 aliphatic heterocycles. The summed E-state index contributed by atoms with van der Waals surface area (Å²) in [4.78, 5) is 7.01. The fraction of sp³-hybridized carbons (Fsp3) is 0.409. The number of nitrogens with zero attached hydrogens (tertiary/aromatic N) is 1. The molecular formula is C22H25F4N3O3. The van der Waals surface area contributed by atoms with Crippen molar-refractivity contribution in [1.82, 2.24) is 15.3 Å². The second-order valence-corrected chi connectivity index (χ2v) is 8.23. The van der Waals surface area contributed by atoms with Crippen LogP contribution in [-0.2, 0) is 12.0 Å². The van der Waals surface area contributed by atoms with Gasteiger partial charge in [0, 0.05) is 35.7 Å². The van der Waals surface area contributed by atoms with Gasteiger partial charge in [-0.1, -0.05) is 13.8 Å². The fourth-order valence-corrected chi connectivity index (χ4v) is 3.73. The summed E-state index contributed by atoms with van der Waals surface area (Å²) in [5.74, 6) is -0.00826. The predicted molar refractivity (Wildman–Crippen MR) is 111 cm³/mol. The maximum absolute atomic E-state index is 14.0. The molecule has 3 N–H and O–H groups in total. The van der Waals surface area contributed by atoms with Crippen molar-refractivity contribution < 1.29 is 32.1 Å². The number of methoxy groups -OCH3 is 2. The van der Waals surface area contributed by atoms with Crippen LogP contribution in [0.3, 0.4) is 0 Å². The molecule has 2 aromatic heterocycles. The van der Waals surface area contributed by atoms with Gasteiger partial charge >= 0.3 is 6.18 Å². The van der Waals surface area contributed by atoms with Crippen LogP contribution in [0.5, 0.6) is 11.6 Å². The Kier molecular flexibility index (Phi) is 6.39. The molecule has 0 bridgehead atoms. The summed E-state index contributed by atoms with van der Waals surface area (Å²) in [5.41, 5.74) is -3.29. The van der Waals surface area contributed by atoms with E-state index in [0.717, 1.165) is 12.1 Å². The summed E-state index contributed by atoms with van der Waals surface area (Å²) in [7, 11) is 2.81. The zero-order chi connectivity index (χ0) is 23.7. The normalized spacial score (nSPS) is 14.4. The van der Waals surface area contributed by atoms with E-state index in [-0.39, 0.29) is 17.9 Å². The van der Waals surface area contributed by atoms with Crippen LogP contribution in [0.1, 0.15) is 31.5 Å². The zero-order valence-electron chi connectivity index (χ0n) is 18.1. The molecule has 1 unspecified atom stereocenters. The minimum Gasteiger partial charge on any atom is -0.496 e. The number of aliphatic hydroxyl groups is 1. The minimum atomic E-state index is -5.00. The van der Waals surface area contributed by atoms with E-state index in [9.17, 15) is 22.7 Å². The van der Waals surface area contributed by atoms with Gasteiger partial charge in [0.05, 0.1) is 25.9 Å². The maximum Gasteiger partial charge on any atom is 0.431 e. The second kappa shape index (κ2) is 8.59. The molecule has 2 heterocycles. The van der Waals surface area contributed by atoms with Crippen LogP contribution in [0.25, 0.3) is 10.9 Å².